The maximum atomic E-state index is 12.5. The lowest BCUT2D eigenvalue weighted by Gasteiger charge is -2.05. The SMILES string of the molecule is O=C(NS(=O)(=O)O)c1cc2ccc(C(F)(F)F)cn2n1. The Morgan fingerprint density at radius 2 is 2.00 bits per heavy atom. The number of carbonyl (C=O) groups is 1. The van der Waals surface area contributed by atoms with Gasteiger partial charge in [0.1, 0.15) is 0 Å². The van der Waals surface area contributed by atoms with E-state index in [1.807, 2.05) is 0 Å². The third kappa shape index (κ3) is 3.05. The van der Waals surface area contributed by atoms with Gasteiger partial charge in [0.15, 0.2) is 5.69 Å². The van der Waals surface area contributed by atoms with Crippen LogP contribution in [0.15, 0.2) is 24.4 Å². The highest BCUT2D eigenvalue weighted by atomic mass is 32.2. The number of aromatic nitrogens is 2. The molecule has 11 heteroatoms. The molecule has 2 N–H and O–H groups in total. The summed E-state index contributed by atoms with van der Waals surface area (Å²) in [5.41, 5.74) is -1.28. The van der Waals surface area contributed by atoms with Gasteiger partial charge in [-0.05, 0) is 18.2 Å². The molecule has 108 valence electrons. The van der Waals surface area contributed by atoms with E-state index in [4.69, 9.17) is 4.55 Å². The molecule has 0 saturated heterocycles. The maximum absolute atomic E-state index is 12.5. The summed E-state index contributed by atoms with van der Waals surface area (Å²) in [5, 5.41) is 3.50. The van der Waals surface area contributed by atoms with Crippen molar-refractivity contribution < 1.29 is 30.9 Å². The van der Waals surface area contributed by atoms with Gasteiger partial charge in [-0.15, -0.1) is 0 Å². The summed E-state index contributed by atoms with van der Waals surface area (Å²) >= 11 is 0. The fraction of sp³-hybridized carbons (Fsp3) is 0.111. The molecule has 0 atom stereocenters. The molecule has 1 amide bonds. The van der Waals surface area contributed by atoms with Gasteiger partial charge in [0.05, 0.1) is 11.1 Å². The first-order valence-corrected chi connectivity index (χ1v) is 6.36. The van der Waals surface area contributed by atoms with Crippen LogP contribution in [0, 0.1) is 0 Å². The average Bonchev–Trinajstić information content (AvgIpc) is 2.67. The summed E-state index contributed by atoms with van der Waals surface area (Å²) in [5.74, 6) is -1.26. The van der Waals surface area contributed by atoms with Crippen LogP contribution in [0.2, 0.25) is 0 Å². The molecule has 0 fully saturated rings. The normalized spacial score (nSPS) is 12.6. The molecule has 2 heterocycles. The molecule has 2 aromatic rings. The molecule has 0 aliphatic heterocycles. The minimum Gasteiger partial charge on any atom is -0.269 e. The third-order valence-electron chi connectivity index (χ3n) is 2.24. The number of carbonyl (C=O) groups excluding carboxylic acids is 1. The zero-order valence-electron chi connectivity index (χ0n) is 9.42. The Bertz CT molecular complexity index is 781. The van der Waals surface area contributed by atoms with E-state index in [9.17, 15) is 26.4 Å². The van der Waals surface area contributed by atoms with Gasteiger partial charge in [-0.1, -0.05) is 0 Å². The Hall–Kier alpha value is -2.14. The van der Waals surface area contributed by atoms with E-state index in [-0.39, 0.29) is 5.52 Å². The van der Waals surface area contributed by atoms with E-state index in [0.717, 1.165) is 22.7 Å². The van der Waals surface area contributed by atoms with Crippen molar-refractivity contribution in [3.8, 4) is 0 Å². The summed E-state index contributed by atoms with van der Waals surface area (Å²) in [6.07, 6.45) is -3.92. The number of rotatable bonds is 2. The predicted molar refractivity (Wildman–Crippen MR) is 59.2 cm³/mol. The number of halogens is 3. The second-order valence-corrected chi connectivity index (χ2v) is 4.88. The number of nitrogens with one attached hydrogen (secondary N) is 1. The van der Waals surface area contributed by atoms with E-state index in [1.165, 1.54) is 4.72 Å². The Kier molecular flexibility index (Phi) is 3.18. The van der Waals surface area contributed by atoms with Crippen LogP contribution in [-0.4, -0.2) is 28.5 Å². The highest BCUT2D eigenvalue weighted by Gasteiger charge is 2.31. The molecule has 0 aromatic carbocycles. The van der Waals surface area contributed by atoms with E-state index >= 15 is 0 Å². The topological polar surface area (TPSA) is 101 Å². The first-order valence-electron chi connectivity index (χ1n) is 4.92. The summed E-state index contributed by atoms with van der Waals surface area (Å²) in [6.45, 7) is 0. The summed E-state index contributed by atoms with van der Waals surface area (Å²) in [7, 11) is -4.77. The zero-order valence-corrected chi connectivity index (χ0v) is 10.2. The van der Waals surface area contributed by atoms with Crippen LogP contribution in [0.3, 0.4) is 0 Å². The molecule has 0 aliphatic rings. The molecule has 0 radical (unpaired) electrons. The van der Waals surface area contributed by atoms with Crippen LogP contribution in [-0.2, 0) is 16.5 Å². The van der Waals surface area contributed by atoms with Gasteiger partial charge in [0.25, 0.3) is 5.91 Å². The highest BCUT2D eigenvalue weighted by molar-refractivity contribution is 7.84. The lowest BCUT2D eigenvalue weighted by atomic mass is 10.2. The van der Waals surface area contributed by atoms with Crippen LogP contribution in [0.5, 0.6) is 0 Å². The van der Waals surface area contributed by atoms with Crippen molar-refractivity contribution >= 4 is 21.7 Å². The molecule has 0 spiro atoms. The average molecular weight is 309 g/mol. The minimum atomic E-state index is -4.77. The molecule has 7 nitrogen and oxygen atoms in total. The van der Waals surface area contributed by atoms with Crippen molar-refractivity contribution in [1.82, 2.24) is 14.3 Å². The largest absolute Gasteiger partial charge is 0.417 e. The molecule has 0 saturated carbocycles. The number of amides is 1. The van der Waals surface area contributed by atoms with Crippen LogP contribution in [0.25, 0.3) is 5.52 Å². The van der Waals surface area contributed by atoms with E-state index in [1.54, 1.807) is 0 Å². The fourth-order valence-corrected chi connectivity index (χ4v) is 1.77. The van der Waals surface area contributed by atoms with E-state index in [0.29, 0.717) is 6.20 Å². The van der Waals surface area contributed by atoms with Gasteiger partial charge >= 0.3 is 16.5 Å². The molecular weight excluding hydrogens is 303 g/mol. The minimum absolute atomic E-state index is 0.151. The van der Waals surface area contributed by atoms with Gasteiger partial charge in [-0.2, -0.15) is 26.7 Å². The van der Waals surface area contributed by atoms with E-state index in [2.05, 4.69) is 5.10 Å². The van der Waals surface area contributed by atoms with E-state index < -0.39 is 33.6 Å². The van der Waals surface area contributed by atoms with Gasteiger partial charge in [0, 0.05) is 6.20 Å². The molecule has 0 aliphatic carbocycles. The molecular formula is C9H6F3N3O4S. The van der Waals surface area contributed by atoms with Crippen molar-refractivity contribution in [2.45, 2.75) is 6.18 Å². The van der Waals surface area contributed by atoms with Crippen molar-refractivity contribution in [3.63, 3.8) is 0 Å². The lowest BCUT2D eigenvalue weighted by molar-refractivity contribution is -0.137. The molecule has 2 aromatic heterocycles. The fourth-order valence-electron chi connectivity index (χ4n) is 1.43. The van der Waals surface area contributed by atoms with Gasteiger partial charge in [0.2, 0.25) is 0 Å². The van der Waals surface area contributed by atoms with Gasteiger partial charge in [-0.25, -0.2) is 9.24 Å². The first kappa shape index (κ1) is 14.3. The number of hydrogen-bond acceptors (Lipinski definition) is 4. The third-order valence-corrected chi connectivity index (χ3v) is 2.68. The molecule has 0 unspecified atom stereocenters. The Balaban J connectivity index is 2.42. The van der Waals surface area contributed by atoms with Crippen molar-refractivity contribution in [3.05, 3.63) is 35.7 Å². The number of pyridine rings is 1. The monoisotopic (exact) mass is 309 g/mol. The highest BCUT2D eigenvalue weighted by Crippen LogP contribution is 2.29. The zero-order chi connectivity index (χ0) is 15.1. The van der Waals surface area contributed by atoms with Gasteiger partial charge in [-0.3, -0.25) is 9.35 Å². The smallest absolute Gasteiger partial charge is 0.269 e. The van der Waals surface area contributed by atoms with Crippen molar-refractivity contribution in [2.24, 2.45) is 0 Å². The predicted octanol–water partition coefficient (Wildman–Crippen LogP) is 0.886. The first-order chi connectivity index (χ1) is 9.06. The number of nitrogens with zero attached hydrogens (tertiary/aromatic N) is 2. The summed E-state index contributed by atoms with van der Waals surface area (Å²) in [6, 6.07) is 2.93. The van der Waals surface area contributed by atoms with Crippen LogP contribution < -0.4 is 4.72 Å². The van der Waals surface area contributed by atoms with Crippen molar-refractivity contribution in [1.29, 1.82) is 0 Å². The number of hydrogen-bond donors (Lipinski definition) is 2. The molecule has 0 bridgehead atoms. The second-order valence-electron chi connectivity index (χ2n) is 3.72. The van der Waals surface area contributed by atoms with Gasteiger partial charge < -0.3 is 0 Å². The quantitative estimate of drug-likeness (QED) is 0.802. The maximum Gasteiger partial charge on any atom is 0.417 e. The van der Waals surface area contributed by atoms with Crippen LogP contribution in [0.4, 0.5) is 13.2 Å². The van der Waals surface area contributed by atoms with Crippen molar-refractivity contribution in [2.75, 3.05) is 0 Å². The summed E-state index contributed by atoms with van der Waals surface area (Å²) < 4.78 is 68.8. The summed E-state index contributed by atoms with van der Waals surface area (Å²) in [4.78, 5) is 11.4. The standard InChI is InChI=1S/C9H6F3N3O4S/c10-9(11,12)5-1-2-6-3-7(13-15(6)4-5)8(16)14-20(17,18)19/h1-4H,(H,14,16)(H,17,18,19). The second kappa shape index (κ2) is 4.45. The van der Waals surface area contributed by atoms with Crippen LogP contribution in [0.1, 0.15) is 16.1 Å². The Labute approximate surface area is 109 Å². The number of fused-ring (bicyclic) bond motifs is 1. The Morgan fingerprint density at radius 1 is 1.35 bits per heavy atom. The number of alkyl halides is 3. The molecule has 20 heavy (non-hydrogen) atoms. The lowest BCUT2D eigenvalue weighted by Crippen LogP contribution is -2.30. The Morgan fingerprint density at radius 3 is 2.55 bits per heavy atom. The molecule has 2 rings (SSSR count). The van der Waals surface area contributed by atoms with Crippen LogP contribution >= 0.6 is 0 Å².